The second kappa shape index (κ2) is 4.96. The summed E-state index contributed by atoms with van der Waals surface area (Å²) in [7, 11) is 0. The van der Waals surface area contributed by atoms with E-state index in [9.17, 15) is 0 Å². The van der Waals surface area contributed by atoms with E-state index in [4.69, 9.17) is 0 Å². The Hall–Kier alpha value is -1.57. The number of aromatic nitrogens is 2. The third-order valence-electron chi connectivity index (χ3n) is 6.76. The molecule has 0 atom stereocenters. The fraction of sp³-hybridized carbons (Fsp3) is 0.571. The van der Waals surface area contributed by atoms with Crippen LogP contribution >= 0.6 is 0 Å². The SMILES string of the molecule is Cc1ccccc1-c1ncc(CC23CC4CC(CC(C4)C2)C3)[nH]1. The molecule has 0 unspecified atom stereocenters. The summed E-state index contributed by atoms with van der Waals surface area (Å²) >= 11 is 0. The summed E-state index contributed by atoms with van der Waals surface area (Å²) < 4.78 is 0. The summed E-state index contributed by atoms with van der Waals surface area (Å²) in [6, 6.07) is 8.53. The Morgan fingerprint density at radius 2 is 1.70 bits per heavy atom. The molecule has 0 saturated heterocycles. The molecule has 1 heterocycles. The fourth-order valence-corrected chi connectivity index (χ4v) is 6.33. The number of aryl methyl sites for hydroxylation is 1. The van der Waals surface area contributed by atoms with Gasteiger partial charge in [0.2, 0.25) is 0 Å². The number of nitrogens with one attached hydrogen (secondary N) is 1. The maximum Gasteiger partial charge on any atom is 0.137 e. The quantitative estimate of drug-likeness (QED) is 0.835. The summed E-state index contributed by atoms with van der Waals surface area (Å²) in [5.41, 5.74) is 4.47. The van der Waals surface area contributed by atoms with Gasteiger partial charge in [-0.3, -0.25) is 0 Å². The van der Waals surface area contributed by atoms with Crippen LogP contribution < -0.4 is 0 Å². The van der Waals surface area contributed by atoms with Gasteiger partial charge in [-0.1, -0.05) is 24.3 Å². The van der Waals surface area contributed by atoms with Crippen molar-refractivity contribution < 1.29 is 0 Å². The molecule has 4 bridgehead atoms. The van der Waals surface area contributed by atoms with Crippen molar-refractivity contribution in [3.63, 3.8) is 0 Å². The molecule has 4 fully saturated rings. The second-order valence-electron chi connectivity index (χ2n) is 8.67. The maximum atomic E-state index is 4.69. The van der Waals surface area contributed by atoms with Gasteiger partial charge in [-0.2, -0.15) is 0 Å². The monoisotopic (exact) mass is 306 g/mol. The lowest BCUT2D eigenvalue weighted by Crippen LogP contribution is -2.47. The third-order valence-corrected chi connectivity index (χ3v) is 6.76. The molecule has 2 aromatic rings. The number of hydrogen-bond donors (Lipinski definition) is 1. The van der Waals surface area contributed by atoms with Crippen molar-refractivity contribution in [2.24, 2.45) is 23.2 Å². The molecule has 2 heteroatoms. The summed E-state index contributed by atoms with van der Waals surface area (Å²) in [4.78, 5) is 8.32. The number of H-pyrrole nitrogens is 1. The van der Waals surface area contributed by atoms with Crippen molar-refractivity contribution in [1.82, 2.24) is 9.97 Å². The molecule has 4 aliphatic carbocycles. The van der Waals surface area contributed by atoms with Crippen LogP contribution in [0.5, 0.6) is 0 Å². The minimum absolute atomic E-state index is 0.588. The van der Waals surface area contributed by atoms with Crippen molar-refractivity contribution in [1.29, 1.82) is 0 Å². The standard InChI is InChI=1S/C21H26N2/c1-14-4-2-3-5-19(14)20-22-13-18(23-20)12-21-9-15-6-16(10-21)8-17(7-15)11-21/h2-5,13,15-17H,6-12H2,1H3,(H,22,23). The van der Waals surface area contributed by atoms with Gasteiger partial charge in [0.25, 0.3) is 0 Å². The highest BCUT2D eigenvalue weighted by atomic mass is 14.9. The van der Waals surface area contributed by atoms with E-state index in [2.05, 4.69) is 47.4 Å². The average Bonchev–Trinajstić information content (AvgIpc) is 2.93. The van der Waals surface area contributed by atoms with Crippen molar-refractivity contribution in [3.8, 4) is 11.4 Å². The molecule has 1 aromatic heterocycles. The van der Waals surface area contributed by atoms with Crippen molar-refractivity contribution >= 4 is 0 Å². The molecule has 23 heavy (non-hydrogen) atoms. The molecule has 0 aliphatic heterocycles. The van der Waals surface area contributed by atoms with E-state index in [1.165, 1.54) is 61.8 Å². The number of nitrogens with zero attached hydrogens (tertiary/aromatic N) is 1. The summed E-state index contributed by atoms with van der Waals surface area (Å²) in [5, 5.41) is 0. The summed E-state index contributed by atoms with van der Waals surface area (Å²) in [6.07, 6.45) is 12.3. The maximum absolute atomic E-state index is 4.69. The van der Waals surface area contributed by atoms with E-state index in [0.717, 1.165) is 23.6 Å². The Bertz CT molecular complexity index is 692. The Morgan fingerprint density at radius 3 is 2.35 bits per heavy atom. The normalized spacial score (nSPS) is 34.9. The zero-order chi connectivity index (χ0) is 15.4. The number of aromatic amines is 1. The smallest absolute Gasteiger partial charge is 0.137 e. The highest BCUT2D eigenvalue weighted by Gasteiger charge is 2.50. The third kappa shape index (κ3) is 2.34. The molecule has 4 aliphatic rings. The molecule has 1 N–H and O–H groups in total. The van der Waals surface area contributed by atoms with Crippen LogP contribution in [0.15, 0.2) is 30.5 Å². The van der Waals surface area contributed by atoms with Crippen molar-refractivity contribution in [2.45, 2.75) is 51.9 Å². The van der Waals surface area contributed by atoms with Crippen LogP contribution in [0.4, 0.5) is 0 Å². The number of benzene rings is 1. The number of imidazole rings is 1. The summed E-state index contributed by atoms with van der Waals surface area (Å²) in [5.74, 6) is 4.13. The van der Waals surface area contributed by atoms with Gasteiger partial charge in [0.05, 0.1) is 0 Å². The molecule has 0 amide bonds. The lowest BCUT2D eigenvalue weighted by molar-refractivity contribution is -0.0526. The van der Waals surface area contributed by atoms with Gasteiger partial charge in [-0.15, -0.1) is 0 Å². The van der Waals surface area contributed by atoms with Crippen LogP contribution in [0, 0.1) is 30.1 Å². The minimum Gasteiger partial charge on any atom is -0.342 e. The molecular weight excluding hydrogens is 280 g/mol. The number of hydrogen-bond acceptors (Lipinski definition) is 1. The van der Waals surface area contributed by atoms with Crippen LogP contribution in [0.25, 0.3) is 11.4 Å². The second-order valence-corrected chi connectivity index (χ2v) is 8.67. The molecule has 1 aromatic carbocycles. The fourth-order valence-electron chi connectivity index (χ4n) is 6.33. The minimum atomic E-state index is 0.588. The zero-order valence-electron chi connectivity index (χ0n) is 14.0. The van der Waals surface area contributed by atoms with Crippen molar-refractivity contribution in [3.05, 3.63) is 41.7 Å². The first-order valence-electron chi connectivity index (χ1n) is 9.29. The Kier molecular flexibility index (Phi) is 2.98. The molecule has 120 valence electrons. The predicted molar refractivity (Wildman–Crippen MR) is 93.1 cm³/mol. The highest BCUT2D eigenvalue weighted by Crippen LogP contribution is 2.60. The molecule has 0 spiro atoms. The van der Waals surface area contributed by atoms with Gasteiger partial charge in [-0.25, -0.2) is 4.98 Å². The highest BCUT2D eigenvalue weighted by molar-refractivity contribution is 5.59. The van der Waals surface area contributed by atoms with Gasteiger partial charge in [0.1, 0.15) is 5.82 Å². The van der Waals surface area contributed by atoms with Gasteiger partial charge in [0.15, 0.2) is 0 Å². The van der Waals surface area contributed by atoms with E-state index >= 15 is 0 Å². The average molecular weight is 306 g/mol. The zero-order valence-corrected chi connectivity index (χ0v) is 14.0. The Morgan fingerprint density at radius 1 is 1.04 bits per heavy atom. The van der Waals surface area contributed by atoms with Crippen LogP contribution in [-0.2, 0) is 6.42 Å². The molecule has 6 rings (SSSR count). The largest absolute Gasteiger partial charge is 0.342 e. The van der Waals surface area contributed by atoms with Gasteiger partial charge in [0, 0.05) is 17.5 Å². The van der Waals surface area contributed by atoms with E-state index in [1.807, 2.05) is 0 Å². The van der Waals surface area contributed by atoms with Crippen molar-refractivity contribution in [2.75, 3.05) is 0 Å². The van der Waals surface area contributed by atoms with Gasteiger partial charge in [-0.05, 0) is 80.6 Å². The first kappa shape index (κ1) is 13.8. The molecule has 2 nitrogen and oxygen atoms in total. The molecule has 0 radical (unpaired) electrons. The Balaban J connectivity index is 1.41. The van der Waals surface area contributed by atoms with E-state index in [0.29, 0.717) is 5.41 Å². The lowest BCUT2D eigenvalue weighted by atomic mass is 9.48. The predicted octanol–water partition coefficient (Wildman–Crippen LogP) is 5.14. The number of rotatable bonds is 3. The summed E-state index contributed by atoms with van der Waals surface area (Å²) in [6.45, 7) is 2.16. The van der Waals surface area contributed by atoms with E-state index < -0.39 is 0 Å². The first-order chi connectivity index (χ1) is 11.2. The topological polar surface area (TPSA) is 28.7 Å². The van der Waals surface area contributed by atoms with Gasteiger partial charge < -0.3 is 4.98 Å². The van der Waals surface area contributed by atoms with Crippen LogP contribution in [-0.4, -0.2) is 9.97 Å². The van der Waals surface area contributed by atoms with E-state index in [-0.39, 0.29) is 0 Å². The van der Waals surface area contributed by atoms with Crippen LogP contribution in [0.1, 0.15) is 49.8 Å². The molecule has 4 saturated carbocycles. The Labute approximate surface area is 138 Å². The molecular formula is C21H26N2. The first-order valence-corrected chi connectivity index (χ1v) is 9.29. The van der Waals surface area contributed by atoms with Gasteiger partial charge >= 0.3 is 0 Å². The van der Waals surface area contributed by atoms with Crippen LogP contribution in [0.3, 0.4) is 0 Å². The van der Waals surface area contributed by atoms with Crippen LogP contribution in [0.2, 0.25) is 0 Å². The lowest BCUT2D eigenvalue weighted by Gasteiger charge is -2.57. The van der Waals surface area contributed by atoms with E-state index in [1.54, 1.807) is 0 Å².